The molecule has 0 saturated heterocycles. The molecule has 0 fully saturated rings. The fraction of sp³-hybridized carbons (Fsp3) is 0.0833. The van der Waals surface area contributed by atoms with E-state index in [2.05, 4.69) is 9.84 Å². The molecular weight excluding hydrogens is 302 g/mol. The number of nitro groups is 1. The minimum absolute atomic E-state index is 0.0296. The highest BCUT2D eigenvalue weighted by molar-refractivity contribution is 6.32. The molecule has 1 aromatic heterocycles. The molecule has 0 unspecified atom stereocenters. The molecule has 0 spiro atoms. The largest absolute Gasteiger partial charge is 0.464 e. The molecule has 108 valence electrons. The van der Waals surface area contributed by atoms with Crippen molar-refractivity contribution in [1.82, 2.24) is 9.78 Å². The van der Waals surface area contributed by atoms with Crippen molar-refractivity contribution in [3.63, 3.8) is 0 Å². The number of ether oxygens (including phenoxy) is 1. The topological polar surface area (TPSA) is 104 Å². The van der Waals surface area contributed by atoms with Gasteiger partial charge in [-0.2, -0.15) is 5.10 Å². The molecule has 0 aliphatic heterocycles. The van der Waals surface area contributed by atoms with Crippen LogP contribution in [0, 0.1) is 10.1 Å². The molecule has 0 N–H and O–H groups in total. The molecule has 9 heteroatoms. The first-order chi connectivity index (χ1) is 9.93. The smallest absolute Gasteiger partial charge is 0.362 e. The Balaban J connectivity index is 2.57. The maximum Gasteiger partial charge on any atom is 0.362 e. The van der Waals surface area contributed by atoms with E-state index in [1.54, 1.807) is 0 Å². The van der Waals surface area contributed by atoms with Crippen molar-refractivity contribution >= 4 is 23.3 Å². The van der Waals surface area contributed by atoms with Gasteiger partial charge in [-0.05, 0) is 12.1 Å². The van der Waals surface area contributed by atoms with Gasteiger partial charge in [0.1, 0.15) is 5.02 Å². The second-order valence-electron chi connectivity index (χ2n) is 3.86. The van der Waals surface area contributed by atoms with Crippen LogP contribution in [-0.2, 0) is 4.74 Å². The monoisotopic (exact) mass is 309 g/mol. The first-order valence-corrected chi connectivity index (χ1v) is 5.94. The van der Waals surface area contributed by atoms with Crippen LogP contribution in [0.15, 0.2) is 35.3 Å². The van der Waals surface area contributed by atoms with Crippen molar-refractivity contribution in [2.24, 2.45) is 0 Å². The molecule has 0 aliphatic rings. The number of nitro benzene ring substituents is 1. The molecule has 0 radical (unpaired) electrons. The highest BCUT2D eigenvalue weighted by Gasteiger charge is 2.16. The van der Waals surface area contributed by atoms with E-state index in [0.29, 0.717) is 0 Å². The Morgan fingerprint density at radius 3 is 2.76 bits per heavy atom. The van der Waals surface area contributed by atoms with Crippen molar-refractivity contribution in [3.05, 3.63) is 61.5 Å². The van der Waals surface area contributed by atoms with Crippen LogP contribution in [0.2, 0.25) is 5.02 Å². The van der Waals surface area contributed by atoms with Crippen LogP contribution >= 0.6 is 11.6 Å². The van der Waals surface area contributed by atoms with Gasteiger partial charge in [0.15, 0.2) is 0 Å². The predicted octanol–water partition coefficient (Wildman–Crippen LogP) is 1.58. The minimum Gasteiger partial charge on any atom is -0.464 e. The number of halogens is 1. The standard InChI is InChI=1S/C12H8ClN3O5/c1-21-12(18)11-10(17)4-5-15(14-11)7-2-3-8(13)9(6-7)16(19)20/h2-6H,1H3. The van der Waals surface area contributed by atoms with Crippen LogP contribution in [0.5, 0.6) is 0 Å². The van der Waals surface area contributed by atoms with E-state index in [-0.39, 0.29) is 16.4 Å². The highest BCUT2D eigenvalue weighted by atomic mass is 35.5. The van der Waals surface area contributed by atoms with E-state index in [1.807, 2.05) is 0 Å². The van der Waals surface area contributed by atoms with Gasteiger partial charge < -0.3 is 4.74 Å². The maximum absolute atomic E-state index is 11.5. The van der Waals surface area contributed by atoms with E-state index in [4.69, 9.17) is 11.6 Å². The quantitative estimate of drug-likeness (QED) is 0.484. The lowest BCUT2D eigenvalue weighted by Crippen LogP contribution is -2.21. The number of methoxy groups -OCH3 is 1. The summed E-state index contributed by atoms with van der Waals surface area (Å²) in [6, 6.07) is 5.08. The number of hydrogen-bond acceptors (Lipinski definition) is 6. The van der Waals surface area contributed by atoms with Crippen LogP contribution in [0.4, 0.5) is 5.69 Å². The molecule has 0 bridgehead atoms. The van der Waals surface area contributed by atoms with Gasteiger partial charge in [0.05, 0.1) is 17.7 Å². The zero-order valence-corrected chi connectivity index (χ0v) is 11.4. The van der Waals surface area contributed by atoms with Crippen LogP contribution in [-0.4, -0.2) is 27.8 Å². The number of benzene rings is 1. The van der Waals surface area contributed by atoms with Gasteiger partial charge in [-0.1, -0.05) is 11.6 Å². The number of hydrogen-bond donors (Lipinski definition) is 0. The molecule has 0 aliphatic carbocycles. The second kappa shape index (κ2) is 5.71. The summed E-state index contributed by atoms with van der Waals surface area (Å²) in [6.07, 6.45) is 1.28. The van der Waals surface area contributed by atoms with Crippen molar-refractivity contribution in [3.8, 4) is 5.69 Å². The summed E-state index contributed by atoms with van der Waals surface area (Å²) in [6.45, 7) is 0. The van der Waals surface area contributed by atoms with E-state index in [0.717, 1.165) is 17.9 Å². The zero-order valence-electron chi connectivity index (χ0n) is 10.6. The summed E-state index contributed by atoms with van der Waals surface area (Å²) >= 11 is 5.71. The Bertz CT molecular complexity index is 787. The molecule has 1 aromatic carbocycles. The number of rotatable bonds is 3. The molecule has 0 amide bonds. The van der Waals surface area contributed by atoms with Gasteiger partial charge in [0.25, 0.3) is 5.69 Å². The summed E-state index contributed by atoms with van der Waals surface area (Å²) in [4.78, 5) is 33.2. The van der Waals surface area contributed by atoms with Crippen molar-refractivity contribution < 1.29 is 14.5 Å². The van der Waals surface area contributed by atoms with E-state index < -0.39 is 22.0 Å². The molecule has 21 heavy (non-hydrogen) atoms. The maximum atomic E-state index is 11.5. The van der Waals surface area contributed by atoms with E-state index in [1.165, 1.54) is 24.4 Å². The Kier molecular flexibility index (Phi) is 3.99. The number of aromatic nitrogens is 2. The number of esters is 1. The fourth-order valence-corrected chi connectivity index (χ4v) is 1.76. The normalized spacial score (nSPS) is 10.2. The predicted molar refractivity (Wildman–Crippen MR) is 72.8 cm³/mol. The zero-order chi connectivity index (χ0) is 15.6. The third-order valence-electron chi connectivity index (χ3n) is 2.58. The molecule has 8 nitrogen and oxygen atoms in total. The summed E-state index contributed by atoms with van der Waals surface area (Å²) in [5.41, 5.74) is -1.07. The van der Waals surface area contributed by atoms with Crippen molar-refractivity contribution in [1.29, 1.82) is 0 Å². The third kappa shape index (κ3) is 2.90. The Labute approximate surface area is 122 Å². The van der Waals surface area contributed by atoms with Crippen molar-refractivity contribution in [2.45, 2.75) is 0 Å². The lowest BCUT2D eigenvalue weighted by atomic mass is 10.3. The highest BCUT2D eigenvalue weighted by Crippen LogP contribution is 2.26. The third-order valence-corrected chi connectivity index (χ3v) is 2.90. The lowest BCUT2D eigenvalue weighted by Gasteiger charge is -2.06. The number of carbonyl (C=O) groups is 1. The van der Waals surface area contributed by atoms with Gasteiger partial charge in [0.2, 0.25) is 11.1 Å². The number of carbonyl (C=O) groups excluding carboxylic acids is 1. The summed E-state index contributed by atoms with van der Waals surface area (Å²) in [7, 11) is 1.12. The van der Waals surface area contributed by atoms with Crippen LogP contribution < -0.4 is 5.43 Å². The van der Waals surface area contributed by atoms with Gasteiger partial charge in [-0.3, -0.25) is 14.9 Å². The molecule has 2 rings (SSSR count). The summed E-state index contributed by atoms with van der Waals surface area (Å²) in [5, 5.41) is 14.6. The summed E-state index contributed by atoms with van der Waals surface area (Å²) in [5.74, 6) is -0.891. The van der Waals surface area contributed by atoms with Gasteiger partial charge in [0, 0.05) is 18.3 Å². The van der Waals surface area contributed by atoms with Gasteiger partial charge in [-0.15, -0.1) is 0 Å². The summed E-state index contributed by atoms with van der Waals surface area (Å²) < 4.78 is 5.59. The van der Waals surface area contributed by atoms with Crippen LogP contribution in [0.1, 0.15) is 10.5 Å². The molecule has 0 saturated carbocycles. The Morgan fingerprint density at radius 2 is 2.14 bits per heavy atom. The average molecular weight is 310 g/mol. The molecule has 0 atom stereocenters. The number of nitrogens with zero attached hydrogens (tertiary/aromatic N) is 3. The molecule has 2 aromatic rings. The van der Waals surface area contributed by atoms with E-state index in [9.17, 15) is 19.7 Å². The molecular formula is C12H8ClN3O5. The Hall–Kier alpha value is -2.74. The van der Waals surface area contributed by atoms with Crippen LogP contribution in [0.3, 0.4) is 0 Å². The molecule has 1 heterocycles. The van der Waals surface area contributed by atoms with Crippen LogP contribution in [0.25, 0.3) is 5.69 Å². The minimum atomic E-state index is -0.891. The fourth-order valence-electron chi connectivity index (χ4n) is 1.57. The van der Waals surface area contributed by atoms with Gasteiger partial charge in [-0.25, -0.2) is 9.48 Å². The van der Waals surface area contributed by atoms with Crippen molar-refractivity contribution in [2.75, 3.05) is 7.11 Å². The lowest BCUT2D eigenvalue weighted by molar-refractivity contribution is -0.384. The SMILES string of the molecule is COC(=O)c1nn(-c2ccc(Cl)c([N+](=O)[O-])c2)ccc1=O. The van der Waals surface area contributed by atoms with Gasteiger partial charge >= 0.3 is 5.97 Å². The van der Waals surface area contributed by atoms with E-state index >= 15 is 0 Å². The Morgan fingerprint density at radius 1 is 1.43 bits per heavy atom. The first-order valence-electron chi connectivity index (χ1n) is 5.56. The second-order valence-corrected chi connectivity index (χ2v) is 4.26. The first kappa shape index (κ1) is 14.7. The average Bonchev–Trinajstić information content (AvgIpc) is 2.47.